The van der Waals surface area contributed by atoms with Gasteiger partial charge in [0, 0.05) is 0 Å². The van der Waals surface area contributed by atoms with E-state index in [1.165, 1.54) is 0 Å². The molecule has 0 radical (unpaired) electrons. The van der Waals surface area contributed by atoms with Gasteiger partial charge in [0.15, 0.2) is 5.82 Å². The van der Waals surface area contributed by atoms with Gasteiger partial charge in [-0.25, -0.2) is 4.98 Å². The maximum absolute atomic E-state index is 5.75. The Hall–Kier alpha value is -1.69. The second kappa shape index (κ2) is 4.22. The van der Waals surface area contributed by atoms with Crippen LogP contribution in [0.3, 0.4) is 0 Å². The van der Waals surface area contributed by atoms with Crippen LogP contribution in [0.2, 0.25) is 5.15 Å². The maximum Gasteiger partial charge on any atom is 0.196 e. The summed E-state index contributed by atoms with van der Waals surface area (Å²) in [6.07, 6.45) is 0. The Bertz CT molecular complexity index is 428. The third-order valence-electron chi connectivity index (χ3n) is 1.83. The molecule has 2 aromatic heterocycles. The molecule has 1 unspecified atom stereocenters. The molecule has 2 heterocycles. The first-order valence-electron chi connectivity index (χ1n) is 4.38. The van der Waals surface area contributed by atoms with Gasteiger partial charge in [0.05, 0.1) is 6.04 Å². The zero-order chi connectivity index (χ0) is 10.7. The van der Waals surface area contributed by atoms with Gasteiger partial charge in [0.1, 0.15) is 11.0 Å². The van der Waals surface area contributed by atoms with E-state index in [0.29, 0.717) is 16.8 Å². The molecule has 0 fully saturated rings. The minimum absolute atomic E-state index is 0.0743. The summed E-state index contributed by atoms with van der Waals surface area (Å²) < 4.78 is 0. The normalized spacial score (nSPS) is 12.4. The fourth-order valence-electron chi connectivity index (χ4n) is 1.13. The van der Waals surface area contributed by atoms with E-state index in [-0.39, 0.29) is 6.04 Å². The predicted octanol–water partition coefficient (Wildman–Crippen LogP) is 1.42. The molecule has 0 aliphatic rings. The van der Waals surface area contributed by atoms with Crippen molar-refractivity contribution in [2.75, 3.05) is 5.32 Å². The Kier molecular flexibility index (Phi) is 2.77. The van der Waals surface area contributed by atoms with E-state index >= 15 is 0 Å². The molecular formula is C8H9ClN6. The number of nitrogens with one attached hydrogen (secondary N) is 2. The van der Waals surface area contributed by atoms with Crippen molar-refractivity contribution in [3.63, 3.8) is 0 Å². The predicted molar refractivity (Wildman–Crippen MR) is 55.5 cm³/mol. The number of aromatic amines is 1. The van der Waals surface area contributed by atoms with Crippen molar-refractivity contribution < 1.29 is 0 Å². The molecule has 2 rings (SSSR count). The number of hydrogen-bond acceptors (Lipinski definition) is 5. The Labute approximate surface area is 91.1 Å². The monoisotopic (exact) mass is 224 g/mol. The molecule has 0 saturated heterocycles. The molecule has 6 nitrogen and oxygen atoms in total. The molecule has 7 heteroatoms. The molecule has 0 aromatic carbocycles. The molecule has 0 saturated carbocycles. The second-order valence-corrected chi connectivity index (χ2v) is 3.37. The molecule has 2 N–H and O–H groups in total. The number of rotatable bonds is 3. The van der Waals surface area contributed by atoms with Gasteiger partial charge in [0.2, 0.25) is 0 Å². The van der Waals surface area contributed by atoms with Gasteiger partial charge in [-0.15, -0.1) is 10.2 Å². The van der Waals surface area contributed by atoms with Crippen LogP contribution in [0, 0.1) is 0 Å². The molecule has 78 valence electrons. The number of hydrogen-bond donors (Lipinski definition) is 2. The van der Waals surface area contributed by atoms with Crippen molar-refractivity contribution in [3.05, 3.63) is 29.2 Å². The van der Waals surface area contributed by atoms with Crippen LogP contribution < -0.4 is 5.32 Å². The highest BCUT2D eigenvalue weighted by molar-refractivity contribution is 6.29. The fourth-order valence-corrected chi connectivity index (χ4v) is 1.29. The molecule has 2 aromatic rings. The van der Waals surface area contributed by atoms with Gasteiger partial charge in [-0.05, 0) is 19.1 Å². The summed E-state index contributed by atoms with van der Waals surface area (Å²) in [7, 11) is 0. The third kappa shape index (κ3) is 2.41. The lowest BCUT2D eigenvalue weighted by molar-refractivity contribution is 0.788. The van der Waals surface area contributed by atoms with Crippen LogP contribution in [0.1, 0.15) is 18.8 Å². The Morgan fingerprint density at radius 3 is 3.00 bits per heavy atom. The molecule has 0 aliphatic heterocycles. The van der Waals surface area contributed by atoms with Crippen molar-refractivity contribution in [2.24, 2.45) is 0 Å². The minimum atomic E-state index is -0.0743. The number of nitrogens with zero attached hydrogens (tertiary/aromatic N) is 4. The van der Waals surface area contributed by atoms with Gasteiger partial charge < -0.3 is 5.32 Å². The standard InChI is InChI=1S/C8H9ClN6/c1-5(8-12-14-15-13-8)10-7-4-2-3-6(9)11-7/h2-5H,1H3,(H,10,11)(H,12,13,14,15). The zero-order valence-electron chi connectivity index (χ0n) is 7.98. The molecule has 15 heavy (non-hydrogen) atoms. The average Bonchev–Trinajstić information content (AvgIpc) is 2.70. The summed E-state index contributed by atoms with van der Waals surface area (Å²) in [5.41, 5.74) is 0. The lowest BCUT2D eigenvalue weighted by atomic mass is 10.3. The number of halogens is 1. The van der Waals surface area contributed by atoms with Crippen molar-refractivity contribution in [1.29, 1.82) is 0 Å². The zero-order valence-corrected chi connectivity index (χ0v) is 8.73. The van der Waals surface area contributed by atoms with Crippen molar-refractivity contribution in [1.82, 2.24) is 25.6 Å². The van der Waals surface area contributed by atoms with E-state index < -0.39 is 0 Å². The summed E-state index contributed by atoms with van der Waals surface area (Å²) >= 11 is 5.75. The Balaban J connectivity index is 2.09. The highest BCUT2D eigenvalue weighted by Gasteiger charge is 2.10. The molecule has 0 bridgehead atoms. The number of tetrazole rings is 1. The highest BCUT2D eigenvalue weighted by atomic mass is 35.5. The summed E-state index contributed by atoms with van der Waals surface area (Å²) in [6.45, 7) is 1.91. The van der Waals surface area contributed by atoms with Crippen LogP contribution in [0.15, 0.2) is 18.2 Å². The van der Waals surface area contributed by atoms with Crippen LogP contribution in [0.5, 0.6) is 0 Å². The summed E-state index contributed by atoms with van der Waals surface area (Å²) in [5, 5.41) is 17.1. The number of pyridine rings is 1. The van der Waals surface area contributed by atoms with Gasteiger partial charge in [0.25, 0.3) is 0 Å². The second-order valence-electron chi connectivity index (χ2n) is 2.98. The summed E-state index contributed by atoms with van der Waals surface area (Å²) in [5.74, 6) is 1.26. The van der Waals surface area contributed by atoms with Gasteiger partial charge >= 0.3 is 0 Å². The van der Waals surface area contributed by atoms with Crippen LogP contribution in [0.4, 0.5) is 5.82 Å². The molecule has 0 spiro atoms. The van der Waals surface area contributed by atoms with Gasteiger partial charge in [-0.3, -0.25) is 0 Å². The lowest BCUT2D eigenvalue weighted by Gasteiger charge is -2.09. The smallest absolute Gasteiger partial charge is 0.196 e. The van der Waals surface area contributed by atoms with E-state index in [0.717, 1.165) is 0 Å². The maximum atomic E-state index is 5.75. The Morgan fingerprint density at radius 1 is 1.47 bits per heavy atom. The highest BCUT2D eigenvalue weighted by Crippen LogP contribution is 2.15. The third-order valence-corrected chi connectivity index (χ3v) is 2.04. The van der Waals surface area contributed by atoms with Crippen LogP contribution >= 0.6 is 11.6 Å². The quantitative estimate of drug-likeness (QED) is 0.771. The van der Waals surface area contributed by atoms with Crippen LogP contribution in [-0.4, -0.2) is 25.6 Å². The van der Waals surface area contributed by atoms with Gasteiger partial charge in [-0.2, -0.15) is 5.21 Å². The molecule has 1 atom stereocenters. The summed E-state index contributed by atoms with van der Waals surface area (Å²) in [6, 6.07) is 5.28. The van der Waals surface area contributed by atoms with E-state index in [9.17, 15) is 0 Å². The van der Waals surface area contributed by atoms with Crippen LogP contribution in [0.25, 0.3) is 0 Å². The molecule has 0 aliphatic carbocycles. The largest absolute Gasteiger partial charge is 0.360 e. The molecular weight excluding hydrogens is 216 g/mol. The topological polar surface area (TPSA) is 79.4 Å². The van der Waals surface area contributed by atoms with E-state index in [2.05, 4.69) is 30.9 Å². The first-order chi connectivity index (χ1) is 7.25. The lowest BCUT2D eigenvalue weighted by Crippen LogP contribution is -2.09. The van der Waals surface area contributed by atoms with Crippen molar-refractivity contribution in [3.8, 4) is 0 Å². The van der Waals surface area contributed by atoms with Crippen molar-refractivity contribution in [2.45, 2.75) is 13.0 Å². The summed E-state index contributed by atoms with van der Waals surface area (Å²) in [4.78, 5) is 4.09. The fraction of sp³-hybridized carbons (Fsp3) is 0.250. The van der Waals surface area contributed by atoms with E-state index in [1.54, 1.807) is 6.07 Å². The molecule has 0 amide bonds. The number of aromatic nitrogens is 5. The first-order valence-corrected chi connectivity index (χ1v) is 4.76. The average molecular weight is 225 g/mol. The minimum Gasteiger partial charge on any atom is -0.360 e. The van der Waals surface area contributed by atoms with Gasteiger partial charge in [-0.1, -0.05) is 22.9 Å². The first kappa shape index (κ1) is 9.85. The number of anilines is 1. The van der Waals surface area contributed by atoms with Crippen molar-refractivity contribution >= 4 is 17.4 Å². The van der Waals surface area contributed by atoms with Crippen LogP contribution in [-0.2, 0) is 0 Å². The Morgan fingerprint density at radius 2 is 2.33 bits per heavy atom. The van der Waals surface area contributed by atoms with E-state index in [1.807, 2.05) is 19.1 Å². The number of H-pyrrole nitrogens is 1. The van der Waals surface area contributed by atoms with E-state index in [4.69, 9.17) is 11.6 Å². The SMILES string of the molecule is CC(Nc1cccc(Cl)n1)c1nn[nH]n1.